The topological polar surface area (TPSA) is 82.2 Å². The van der Waals surface area contributed by atoms with Crippen LogP contribution in [-0.4, -0.2) is 54.3 Å². The number of fused-ring (bicyclic) bond motifs is 2. The number of alkyl halides is 2. The molecule has 4 aromatic rings. The van der Waals surface area contributed by atoms with E-state index in [2.05, 4.69) is 25.4 Å². The maximum atomic E-state index is 13.5. The zero-order chi connectivity index (χ0) is 22.4. The summed E-state index contributed by atoms with van der Waals surface area (Å²) in [6.45, 7) is 3.58. The van der Waals surface area contributed by atoms with Crippen molar-refractivity contribution in [3.63, 3.8) is 0 Å². The quantitative estimate of drug-likeness (QED) is 0.505. The van der Waals surface area contributed by atoms with Crippen LogP contribution in [0.5, 0.6) is 0 Å². The Labute approximate surface area is 188 Å². The first-order valence-electron chi connectivity index (χ1n) is 11.3. The second kappa shape index (κ2) is 6.47. The van der Waals surface area contributed by atoms with Crippen LogP contribution in [0.25, 0.3) is 27.8 Å². The summed E-state index contributed by atoms with van der Waals surface area (Å²) in [7, 11) is 0. The van der Waals surface area contributed by atoms with E-state index in [-0.39, 0.29) is 18.9 Å². The van der Waals surface area contributed by atoms with Gasteiger partial charge in [0.25, 0.3) is 5.92 Å². The van der Waals surface area contributed by atoms with Crippen molar-refractivity contribution in [1.82, 2.24) is 29.1 Å². The molecule has 5 heterocycles. The summed E-state index contributed by atoms with van der Waals surface area (Å²) in [4.78, 5) is 13.5. The molecular formula is C23H23F2N7O. The Morgan fingerprint density at radius 3 is 2.64 bits per heavy atom. The molecule has 33 heavy (non-hydrogen) atoms. The maximum Gasteiger partial charge on any atom is 0.252 e. The van der Waals surface area contributed by atoms with Crippen LogP contribution in [0.1, 0.15) is 37.5 Å². The lowest BCUT2D eigenvalue weighted by atomic mass is 9.64. The number of aromatic nitrogens is 6. The SMILES string of the molecule is Cc1nc2ncc(-c3ccn4nc(NC5CC6(COC6)C5)ncc34)cc2n1C1CC(F)(F)C1. The standard InChI is InChI=1S/C23H23F2N7O/c1-13-28-20-18(32(13)16-7-23(24,25)8-16)4-14(9-26-20)17-2-3-31-19(17)10-27-21(30-31)29-15-5-22(6-15)11-33-12-22/h2-4,9-10,15-16H,5-8,11-12H2,1H3,(H,29,30). The Morgan fingerprint density at radius 2 is 1.91 bits per heavy atom. The van der Waals surface area contributed by atoms with Crippen molar-refractivity contribution in [3.05, 3.63) is 36.5 Å². The van der Waals surface area contributed by atoms with Crippen molar-refractivity contribution in [2.75, 3.05) is 18.5 Å². The van der Waals surface area contributed by atoms with Crippen molar-refractivity contribution < 1.29 is 13.5 Å². The molecule has 1 spiro atoms. The number of rotatable bonds is 4. The van der Waals surface area contributed by atoms with E-state index in [0.717, 1.165) is 48.2 Å². The van der Waals surface area contributed by atoms with Gasteiger partial charge in [-0.15, -0.1) is 5.10 Å². The molecule has 1 saturated heterocycles. The van der Waals surface area contributed by atoms with E-state index in [0.29, 0.717) is 28.9 Å². The van der Waals surface area contributed by atoms with Gasteiger partial charge in [-0.3, -0.25) is 0 Å². The number of nitrogens with one attached hydrogen (secondary N) is 1. The first kappa shape index (κ1) is 19.3. The molecule has 8 nitrogen and oxygen atoms in total. The molecule has 1 aliphatic heterocycles. The van der Waals surface area contributed by atoms with E-state index in [9.17, 15) is 8.78 Å². The molecule has 4 aromatic heterocycles. The summed E-state index contributed by atoms with van der Waals surface area (Å²) >= 11 is 0. The van der Waals surface area contributed by atoms with Crippen LogP contribution in [0.4, 0.5) is 14.7 Å². The molecular weight excluding hydrogens is 428 g/mol. The van der Waals surface area contributed by atoms with Crippen molar-refractivity contribution in [3.8, 4) is 11.1 Å². The van der Waals surface area contributed by atoms with E-state index >= 15 is 0 Å². The predicted molar refractivity (Wildman–Crippen MR) is 117 cm³/mol. The Morgan fingerprint density at radius 1 is 1.09 bits per heavy atom. The van der Waals surface area contributed by atoms with Gasteiger partial charge >= 0.3 is 0 Å². The van der Waals surface area contributed by atoms with Crippen LogP contribution < -0.4 is 5.32 Å². The number of nitrogens with zero attached hydrogens (tertiary/aromatic N) is 6. The molecule has 0 unspecified atom stereocenters. The summed E-state index contributed by atoms with van der Waals surface area (Å²) < 4.78 is 36.1. The fourth-order valence-corrected chi connectivity index (χ4v) is 5.62. The zero-order valence-electron chi connectivity index (χ0n) is 18.1. The van der Waals surface area contributed by atoms with Crippen LogP contribution in [0.3, 0.4) is 0 Å². The van der Waals surface area contributed by atoms with E-state index in [1.165, 1.54) is 0 Å². The van der Waals surface area contributed by atoms with Gasteiger partial charge in [-0.2, -0.15) is 0 Å². The molecule has 0 bridgehead atoms. The molecule has 3 aliphatic rings. The average Bonchev–Trinajstić information content (AvgIpc) is 3.26. The average molecular weight is 451 g/mol. The van der Waals surface area contributed by atoms with Gasteiger partial charge in [0.2, 0.25) is 5.95 Å². The molecule has 3 fully saturated rings. The van der Waals surface area contributed by atoms with Crippen LogP contribution in [0.15, 0.2) is 30.7 Å². The fourth-order valence-electron chi connectivity index (χ4n) is 5.62. The van der Waals surface area contributed by atoms with Crippen molar-refractivity contribution in [2.24, 2.45) is 5.41 Å². The summed E-state index contributed by atoms with van der Waals surface area (Å²) in [6.07, 6.45) is 7.36. The summed E-state index contributed by atoms with van der Waals surface area (Å²) in [5.74, 6) is -1.27. The summed E-state index contributed by atoms with van der Waals surface area (Å²) in [5.41, 5.74) is 4.42. The van der Waals surface area contributed by atoms with Crippen molar-refractivity contribution in [2.45, 2.75) is 50.6 Å². The highest BCUT2D eigenvalue weighted by atomic mass is 19.3. The van der Waals surface area contributed by atoms with E-state index in [1.54, 1.807) is 6.20 Å². The molecule has 7 rings (SSSR count). The molecule has 0 aromatic carbocycles. The lowest BCUT2D eigenvalue weighted by Gasteiger charge is -2.53. The maximum absolute atomic E-state index is 13.5. The second-order valence-corrected chi connectivity index (χ2v) is 9.90. The van der Waals surface area contributed by atoms with Gasteiger partial charge in [-0.25, -0.2) is 28.2 Å². The lowest BCUT2D eigenvalue weighted by Crippen LogP contribution is -2.56. The number of aryl methyl sites for hydroxylation is 1. The molecule has 10 heteroatoms. The minimum Gasteiger partial charge on any atom is -0.380 e. The minimum atomic E-state index is -2.59. The Balaban J connectivity index is 1.19. The number of hydrogen-bond donors (Lipinski definition) is 1. The molecule has 170 valence electrons. The van der Waals surface area contributed by atoms with Gasteiger partial charge in [0.05, 0.1) is 30.4 Å². The Kier molecular flexibility index (Phi) is 3.79. The van der Waals surface area contributed by atoms with Crippen LogP contribution in [-0.2, 0) is 4.74 Å². The normalized spacial score (nSPS) is 21.8. The number of ether oxygens (including phenoxy) is 1. The molecule has 0 amide bonds. The highest BCUT2D eigenvalue weighted by molar-refractivity contribution is 5.85. The lowest BCUT2D eigenvalue weighted by molar-refractivity contribution is -0.160. The first-order chi connectivity index (χ1) is 15.9. The fraction of sp³-hybridized carbons (Fsp3) is 0.478. The van der Waals surface area contributed by atoms with E-state index < -0.39 is 5.92 Å². The number of anilines is 1. The van der Waals surface area contributed by atoms with Gasteiger partial charge in [-0.1, -0.05) is 0 Å². The van der Waals surface area contributed by atoms with E-state index in [4.69, 9.17) is 4.74 Å². The third kappa shape index (κ3) is 2.96. The molecule has 0 atom stereocenters. The van der Waals surface area contributed by atoms with Crippen LogP contribution >= 0.6 is 0 Å². The third-order valence-electron chi connectivity index (χ3n) is 7.39. The van der Waals surface area contributed by atoms with Gasteiger partial charge in [-0.05, 0) is 31.9 Å². The van der Waals surface area contributed by atoms with Gasteiger partial charge < -0.3 is 14.6 Å². The zero-order valence-corrected chi connectivity index (χ0v) is 18.1. The number of hydrogen-bond acceptors (Lipinski definition) is 6. The molecule has 2 saturated carbocycles. The third-order valence-corrected chi connectivity index (χ3v) is 7.39. The summed E-state index contributed by atoms with van der Waals surface area (Å²) in [6, 6.07) is 4.10. The minimum absolute atomic E-state index is 0.155. The first-order valence-corrected chi connectivity index (χ1v) is 11.3. The Bertz CT molecular complexity index is 1390. The molecule has 2 aliphatic carbocycles. The van der Waals surface area contributed by atoms with Crippen molar-refractivity contribution in [1.29, 1.82) is 0 Å². The van der Waals surface area contributed by atoms with Crippen molar-refractivity contribution >= 4 is 22.6 Å². The number of imidazole rings is 1. The van der Waals surface area contributed by atoms with E-state index in [1.807, 2.05) is 40.5 Å². The van der Waals surface area contributed by atoms with Gasteiger partial charge in [0.15, 0.2) is 5.65 Å². The van der Waals surface area contributed by atoms with Crippen LogP contribution in [0, 0.1) is 12.3 Å². The number of pyridine rings is 1. The monoisotopic (exact) mass is 451 g/mol. The molecule has 0 radical (unpaired) electrons. The highest BCUT2D eigenvalue weighted by Crippen LogP contribution is 2.48. The second-order valence-electron chi connectivity index (χ2n) is 9.90. The Hall–Kier alpha value is -3.14. The smallest absolute Gasteiger partial charge is 0.252 e. The predicted octanol–water partition coefficient (Wildman–Crippen LogP) is 4.01. The summed E-state index contributed by atoms with van der Waals surface area (Å²) in [5, 5.41) is 8.05. The number of halogens is 2. The largest absolute Gasteiger partial charge is 0.380 e. The van der Waals surface area contributed by atoms with Gasteiger partial charge in [0.1, 0.15) is 5.82 Å². The van der Waals surface area contributed by atoms with Gasteiger partial charge in [0, 0.05) is 53.9 Å². The molecule has 1 N–H and O–H groups in total. The van der Waals surface area contributed by atoms with Crippen LogP contribution in [0.2, 0.25) is 0 Å². The highest BCUT2D eigenvalue weighted by Gasteiger charge is 2.50.